The Morgan fingerprint density at radius 1 is 0.939 bits per heavy atom. The standard InChI is InChI=1S/C23H22N2O7S/c1-29-20-14-16(4-9-22(26)30-2)15-21(23(20)31-3)33(27,28)25-17-5-7-18(8-6-17)32-19-10-12-24-13-11-19/h4-15,25H,1-3H3/b9-4+. The van der Waals surface area contributed by atoms with Crippen molar-refractivity contribution in [2.75, 3.05) is 26.1 Å². The van der Waals surface area contributed by atoms with Crippen molar-refractivity contribution in [3.05, 3.63) is 72.6 Å². The molecule has 3 rings (SSSR count). The molecule has 9 nitrogen and oxygen atoms in total. The number of esters is 1. The van der Waals surface area contributed by atoms with E-state index in [-0.39, 0.29) is 16.4 Å². The summed E-state index contributed by atoms with van der Waals surface area (Å²) in [4.78, 5) is 15.2. The average molecular weight is 471 g/mol. The number of anilines is 1. The third kappa shape index (κ3) is 6.01. The maximum atomic E-state index is 13.2. The lowest BCUT2D eigenvalue weighted by Crippen LogP contribution is -2.14. The summed E-state index contributed by atoms with van der Waals surface area (Å²) in [5.74, 6) is 0.760. The van der Waals surface area contributed by atoms with Gasteiger partial charge in [0.1, 0.15) is 16.4 Å². The summed E-state index contributed by atoms with van der Waals surface area (Å²) < 4.78 is 49.7. The van der Waals surface area contributed by atoms with Crippen LogP contribution in [0.3, 0.4) is 0 Å². The van der Waals surface area contributed by atoms with Crippen molar-refractivity contribution in [3.63, 3.8) is 0 Å². The number of nitrogens with one attached hydrogen (secondary N) is 1. The molecule has 33 heavy (non-hydrogen) atoms. The first kappa shape index (κ1) is 23.6. The third-order valence-corrected chi connectivity index (χ3v) is 5.75. The van der Waals surface area contributed by atoms with E-state index >= 15 is 0 Å². The van der Waals surface area contributed by atoms with E-state index in [1.54, 1.807) is 54.9 Å². The molecule has 0 fully saturated rings. The highest BCUT2D eigenvalue weighted by atomic mass is 32.2. The first-order valence-electron chi connectivity index (χ1n) is 9.59. The van der Waals surface area contributed by atoms with Gasteiger partial charge in [0.25, 0.3) is 10.0 Å². The number of hydrogen-bond donors (Lipinski definition) is 1. The van der Waals surface area contributed by atoms with Crippen LogP contribution in [-0.2, 0) is 19.6 Å². The minimum Gasteiger partial charge on any atom is -0.493 e. The molecule has 0 aliphatic carbocycles. The molecular weight excluding hydrogens is 448 g/mol. The molecule has 0 aliphatic heterocycles. The van der Waals surface area contributed by atoms with Crippen molar-refractivity contribution in [1.29, 1.82) is 0 Å². The van der Waals surface area contributed by atoms with Gasteiger partial charge in [-0.1, -0.05) is 0 Å². The summed E-state index contributed by atoms with van der Waals surface area (Å²) >= 11 is 0. The zero-order valence-electron chi connectivity index (χ0n) is 18.1. The molecule has 0 atom stereocenters. The molecule has 0 unspecified atom stereocenters. The average Bonchev–Trinajstić information content (AvgIpc) is 2.83. The molecule has 0 bridgehead atoms. The van der Waals surface area contributed by atoms with E-state index in [9.17, 15) is 13.2 Å². The molecular formula is C23H22N2O7S. The van der Waals surface area contributed by atoms with Gasteiger partial charge in [-0.25, -0.2) is 13.2 Å². The maximum absolute atomic E-state index is 13.2. The zero-order valence-corrected chi connectivity index (χ0v) is 19.0. The number of carbonyl (C=O) groups is 1. The van der Waals surface area contributed by atoms with Gasteiger partial charge < -0.3 is 18.9 Å². The van der Waals surface area contributed by atoms with Crippen LogP contribution >= 0.6 is 0 Å². The highest BCUT2D eigenvalue weighted by Crippen LogP contribution is 2.37. The van der Waals surface area contributed by atoms with Gasteiger partial charge >= 0.3 is 5.97 Å². The van der Waals surface area contributed by atoms with Crippen LogP contribution in [0, 0.1) is 0 Å². The number of benzene rings is 2. The molecule has 0 amide bonds. The van der Waals surface area contributed by atoms with E-state index in [1.165, 1.54) is 39.5 Å². The topological polar surface area (TPSA) is 113 Å². The van der Waals surface area contributed by atoms with Crippen LogP contribution in [0.5, 0.6) is 23.0 Å². The van der Waals surface area contributed by atoms with Gasteiger partial charge in [0, 0.05) is 24.2 Å². The van der Waals surface area contributed by atoms with Gasteiger partial charge in [-0.2, -0.15) is 0 Å². The Balaban J connectivity index is 1.89. The minimum absolute atomic E-state index is 0.0258. The molecule has 1 aromatic heterocycles. The van der Waals surface area contributed by atoms with Crippen LogP contribution in [0.25, 0.3) is 6.08 Å². The smallest absolute Gasteiger partial charge is 0.330 e. The zero-order chi connectivity index (χ0) is 23.8. The van der Waals surface area contributed by atoms with Crippen LogP contribution in [0.15, 0.2) is 71.9 Å². The summed E-state index contributed by atoms with van der Waals surface area (Å²) in [6.45, 7) is 0. The molecule has 0 spiro atoms. The van der Waals surface area contributed by atoms with Gasteiger partial charge in [0.2, 0.25) is 0 Å². The summed E-state index contributed by atoms with van der Waals surface area (Å²) in [6, 6.07) is 12.7. The number of methoxy groups -OCH3 is 3. The van der Waals surface area contributed by atoms with Crippen molar-refractivity contribution >= 4 is 27.8 Å². The molecule has 2 aromatic carbocycles. The van der Waals surface area contributed by atoms with E-state index in [4.69, 9.17) is 14.2 Å². The Labute approximate surface area is 191 Å². The molecule has 0 aliphatic rings. The van der Waals surface area contributed by atoms with E-state index < -0.39 is 16.0 Å². The van der Waals surface area contributed by atoms with Crippen molar-refractivity contribution < 1.29 is 32.2 Å². The Morgan fingerprint density at radius 2 is 1.61 bits per heavy atom. The van der Waals surface area contributed by atoms with Gasteiger partial charge in [-0.15, -0.1) is 0 Å². The van der Waals surface area contributed by atoms with Crippen LogP contribution < -0.4 is 18.9 Å². The van der Waals surface area contributed by atoms with Gasteiger partial charge in [-0.05, 0) is 60.2 Å². The van der Waals surface area contributed by atoms with E-state index in [0.29, 0.717) is 22.7 Å². The van der Waals surface area contributed by atoms with E-state index in [0.717, 1.165) is 0 Å². The summed E-state index contributed by atoms with van der Waals surface area (Å²) in [7, 11) is -0.111. The number of carbonyl (C=O) groups excluding carboxylic acids is 1. The minimum atomic E-state index is -4.08. The van der Waals surface area contributed by atoms with E-state index in [1.807, 2.05) is 0 Å². The van der Waals surface area contributed by atoms with Crippen LogP contribution in [0.4, 0.5) is 5.69 Å². The van der Waals surface area contributed by atoms with Crippen molar-refractivity contribution in [2.24, 2.45) is 0 Å². The fourth-order valence-corrected chi connectivity index (χ4v) is 4.10. The maximum Gasteiger partial charge on any atom is 0.330 e. The second-order valence-corrected chi connectivity index (χ2v) is 8.18. The third-order valence-electron chi connectivity index (χ3n) is 4.36. The Kier molecular flexibility index (Phi) is 7.52. The second kappa shape index (κ2) is 10.5. The second-order valence-electron chi connectivity index (χ2n) is 6.53. The molecule has 1 heterocycles. The molecule has 0 saturated heterocycles. The fraction of sp³-hybridized carbons (Fsp3) is 0.130. The summed E-state index contributed by atoms with van der Waals surface area (Å²) in [5, 5.41) is 0. The summed E-state index contributed by atoms with van der Waals surface area (Å²) in [6.07, 6.45) is 5.80. The van der Waals surface area contributed by atoms with Crippen molar-refractivity contribution in [1.82, 2.24) is 4.98 Å². The number of rotatable bonds is 9. The van der Waals surface area contributed by atoms with Crippen molar-refractivity contribution in [2.45, 2.75) is 4.90 Å². The van der Waals surface area contributed by atoms with Crippen molar-refractivity contribution in [3.8, 4) is 23.0 Å². The van der Waals surface area contributed by atoms with Crippen LogP contribution in [0.1, 0.15) is 5.56 Å². The Morgan fingerprint density at radius 3 is 2.21 bits per heavy atom. The largest absolute Gasteiger partial charge is 0.493 e. The Bertz CT molecular complexity index is 1240. The Hall–Kier alpha value is -4.05. The van der Waals surface area contributed by atoms with Gasteiger partial charge in [-0.3, -0.25) is 9.71 Å². The number of aromatic nitrogens is 1. The summed E-state index contributed by atoms with van der Waals surface area (Å²) in [5.41, 5.74) is 0.716. The predicted octanol–water partition coefficient (Wildman–Crippen LogP) is 3.88. The normalized spacial score (nSPS) is 11.1. The number of sulfonamides is 1. The highest BCUT2D eigenvalue weighted by molar-refractivity contribution is 7.92. The van der Waals surface area contributed by atoms with Crippen LogP contribution in [0.2, 0.25) is 0 Å². The van der Waals surface area contributed by atoms with E-state index in [2.05, 4.69) is 14.4 Å². The predicted molar refractivity (Wildman–Crippen MR) is 122 cm³/mol. The quantitative estimate of drug-likeness (QED) is 0.370. The first-order valence-corrected chi connectivity index (χ1v) is 11.1. The molecule has 1 N–H and O–H groups in total. The molecule has 172 valence electrons. The fourth-order valence-electron chi connectivity index (χ4n) is 2.82. The number of pyridine rings is 1. The molecule has 0 saturated carbocycles. The lowest BCUT2D eigenvalue weighted by molar-refractivity contribution is -0.134. The SMILES string of the molecule is COC(=O)/C=C/c1cc(OC)c(OC)c(S(=O)(=O)Nc2ccc(Oc3ccncc3)cc2)c1. The highest BCUT2D eigenvalue weighted by Gasteiger charge is 2.24. The van der Waals surface area contributed by atoms with Gasteiger partial charge in [0.05, 0.1) is 21.3 Å². The number of hydrogen-bond acceptors (Lipinski definition) is 8. The van der Waals surface area contributed by atoms with Gasteiger partial charge in [0.15, 0.2) is 11.5 Å². The first-order chi connectivity index (χ1) is 15.9. The molecule has 10 heteroatoms. The number of ether oxygens (including phenoxy) is 4. The lowest BCUT2D eigenvalue weighted by Gasteiger charge is -2.16. The number of nitrogens with zero attached hydrogens (tertiary/aromatic N) is 1. The van der Waals surface area contributed by atoms with Crippen LogP contribution in [-0.4, -0.2) is 40.7 Å². The monoisotopic (exact) mass is 470 g/mol. The lowest BCUT2D eigenvalue weighted by atomic mass is 10.2. The molecule has 3 aromatic rings. The molecule has 0 radical (unpaired) electrons.